The lowest BCUT2D eigenvalue weighted by Gasteiger charge is -2.16. The van der Waals surface area contributed by atoms with E-state index in [4.69, 9.17) is 0 Å². The van der Waals surface area contributed by atoms with E-state index in [0.29, 0.717) is 0 Å². The zero-order chi connectivity index (χ0) is 13.0. The number of aryl methyl sites for hydroxylation is 1. The fraction of sp³-hybridized carbons (Fsp3) is 0.286. The van der Waals surface area contributed by atoms with Gasteiger partial charge in [-0.1, -0.05) is 6.07 Å². The summed E-state index contributed by atoms with van der Waals surface area (Å²) in [5, 5.41) is 3.31. The predicted octanol–water partition coefficient (Wildman–Crippen LogP) is 3.05. The van der Waals surface area contributed by atoms with Gasteiger partial charge >= 0.3 is 0 Å². The molecule has 3 nitrogen and oxygen atoms in total. The maximum absolute atomic E-state index is 4.57. The number of aromatic nitrogens is 2. The second-order valence-corrected chi connectivity index (χ2v) is 5.18. The van der Waals surface area contributed by atoms with Gasteiger partial charge in [0.05, 0.1) is 11.7 Å². The molecule has 2 aromatic rings. The predicted molar refractivity (Wildman–Crippen MR) is 76.4 cm³/mol. The SMILES string of the molecule is CNC(Cc1cncc(Br)c1)c1cccc(C)n1. The number of hydrogen-bond donors (Lipinski definition) is 1. The van der Waals surface area contributed by atoms with Crippen LogP contribution in [0.5, 0.6) is 0 Å². The van der Waals surface area contributed by atoms with Crippen LogP contribution < -0.4 is 5.32 Å². The highest BCUT2D eigenvalue weighted by atomic mass is 79.9. The quantitative estimate of drug-likeness (QED) is 0.943. The Hall–Kier alpha value is -1.26. The minimum absolute atomic E-state index is 0.209. The Bertz CT molecular complexity index is 528. The van der Waals surface area contributed by atoms with Crippen LogP contribution in [0.2, 0.25) is 0 Å². The van der Waals surface area contributed by atoms with E-state index in [-0.39, 0.29) is 6.04 Å². The van der Waals surface area contributed by atoms with Crippen molar-refractivity contribution in [2.75, 3.05) is 7.05 Å². The molecule has 0 saturated carbocycles. The molecule has 0 fully saturated rings. The summed E-state index contributed by atoms with van der Waals surface area (Å²) >= 11 is 3.44. The molecule has 1 unspecified atom stereocenters. The standard InChI is InChI=1S/C14H16BrN3/c1-10-4-3-5-13(18-10)14(16-2)7-11-6-12(15)9-17-8-11/h3-6,8-9,14,16H,7H2,1-2H3. The molecular weight excluding hydrogens is 290 g/mol. The van der Waals surface area contributed by atoms with E-state index in [2.05, 4.69) is 43.3 Å². The Morgan fingerprint density at radius 1 is 1.33 bits per heavy atom. The summed E-state index contributed by atoms with van der Waals surface area (Å²) in [7, 11) is 1.96. The molecule has 0 bridgehead atoms. The van der Waals surface area contributed by atoms with Gasteiger partial charge in [-0.15, -0.1) is 0 Å². The highest BCUT2D eigenvalue weighted by Gasteiger charge is 2.12. The second kappa shape index (κ2) is 6.07. The molecule has 18 heavy (non-hydrogen) atoms. The number of nitrogens with one attached hydrogen (secondary N) is 1. The van der Waals surface area contributed by atoms with E-state index < -0.39 is 0 Å². The summed E-state index contributed by atoms with van der Waals surface area (Å²) in [4.78, 5) is 8.76. The Morgan fingerprint density at radius 3 is 2.83 bits per heavy atom. The van der Waals surface area contributed by atoms with Crippen molar-refractivity contribution in [1.82, 2.24) is 15.3 Å². The van der Waals surface area contributed by atoms with E-state index in [0.717, 1.165) is 22.3 Å². The van der Waals surface area contributed by atoms with Gasteiger partial charge < -0.3 is 5.32 Å². The molecular formula is C14H16BrN3. The van der Waals surface area contributed by atoms with Crippen molar-refractivity contribution < 1.29 is 0 Å². The largest absolute Gasteiger partial charge is 0.311 e. The molecule has 0 amide bonds. The van der Waals surface area contributed by atoms with E-state index in [9.17, 15) is 0 Å². The maximum atomic E-state index is 4.57. The minimum atomic E-state index is 0.209. The van der Waals surface area contributed by atoms with Crippen LogP contribution in [0.4, 0.5) is 0 Å². The minimum Gasteiger partial charge on any atom is -0.311 e. The smallest absolute Gasteiger partial charge is 0.0579 e. The van der Waals surface area contributed by atoms with Crippen LogP contribution in [0.1, 0.15) is 23.0 Å². The number of halogens is 1. The van der Waals surface area contributed by atoms with Crippen molar-refractivity contribution in [1.29, 1.82) is 0 Å². The molecule has 0 saturated heterocycles. The summed E-state index contributed by atoms with van der Waals surface area (Å²) in [5.41, 5.74) is 3.30. The van der Waals surface area contributed by atoms with Crippen molar-refractivity contribution in [2.45, 2.75) is 19.4 Å². The Kier molecular flexibility index (Phi) is 4.44. The lowest BCUT2D eigenvalue weighted by atomic mass is 10.0. The first-order valence-corrected chi connectivity index (χ1v) is 6.68. The number of rotatable bonds is 4. The van der Waals surface area contributed by atoms with Crippen LogP contribution in [-0.2, 0) is 6.42 Å². The van der Waals surface area contributed by atoms with Crippen LogP contribution in [0.25, 0.3) is 0 Å². The van der Waals surface area contributed by atoms with Crippen LogP contribution in [0, 0.1) is 6.92 Å². The zero-order valence-corrected chi connectivity index (χ0v) is 12.1. The molecule has 0 aromatic carbocycles. The molecule has 2 heterocycles. The highest BCUT2D eigenvalue weighted by Crippen LogP contribution is 2.18. The number of pyridine rings is 2. The number of hydrogen-bond acceptors (Lipinski definition) is 3. The monoisotopic (exact) mass is 305 g/mol. The van der Waals surface area contributed by atoms with Gasteiger partial charge in [0.1, 0.15) is 0 Å². The molecule has 0 radical (unpaired) electrons. The van der Waals surface area contributed by atoms with Gasteiger partial charge in [0.2, 0.25) is 0 Å². The first-order chi connectivity index (χ1) is 8.69. The van der Waals surface area contributed by atoms with Crippen molar-refractivity contribution in [2.24, 2.45) is 0 Å². The molecule has 2 rings (SSSR count). The molecule has 0 aliphatic heterocycles. The van der Waals surface area contributed by atoms with Gasteiger partial charge in [-0.3, -0.25) is 9.97 Å². The van der Waals surface area contributed by atoms with E-state index >= 15 is 0 Å². The molecule has 1 N–H and O–H groups in total. The molecule has 0 spiro atoms. The average molecular weight is 306 g/mol. The fourth-order valence-electron chi connectivity index (χ4n) is 1.92. The zero-order valence-electron chi connectivity index (χ0n) is 10.5. The highest BCUT2D eigenvalue weighted by molar-refractivity contribution is 9.10. The summed E-state index contributed by atoms with van der Waals surface area (Å²) in [6.07, 6.45) is 4.56. The number of likely N-dealkylation sites (N-methyl/N-ethyl adjacent to an activating group) is 1. The normalized spacial score (nSPS) is 12.4. The molecule has 2 aromatic heterocycles. The molecule has 0 aliphatic carbocycles. The summed E-state index contributed by atoms with van der Waals surface area (Å²) in [6.45, 7) is 2.01. The van der Waals surface area contributed by atoms with Gasteiger partial charge in [-0.2, -0.15) is 0 Å². The van der Waals surface area contributed by atoms with Crippen molar-refractivity contribution in [3.63, 3.8) is 0 Å². The van der Waals surface area contributed by atoms with Crippen molar-refractivity contribution in [3.05, 3.63) is 58.1 Å². The van der Waals surface area contributed by atoms with Crippen LogP contribution in [-0.4, -0.2) is 17.0 Å². The molecule has 1 atom stereocenters. The first-order valence-electron chi connectivity index (χ1n) is 5.89. The molecule has 94 valence electrons. The number of nitrogens with zero attached hydrogens (tertiary/aromatic N) is 2. The maximum Gasteiger partial charge on any atom is 0.0579 e. The summed E-state index contributed by atoms with van der Waals surface area (Å²) < 4.78 is 1.01. The van der Waals surface area contributed by atoms with Crippen LogP contribution in [0.15, 0.2) is 41.1 Å². The van der Waals surface area contributed by atoms with E-state index in [1.54, 1.807) is 6.20 Å². The topological polar surface area (TPSA) is 37.8 Å². The molecule has 4 heteroatoms. The van der Waals surface area contributed by atoms with Crippen molar-refractivity contribution in [3.8, 4) is 0 Å². The molecule has 0 aliphatic rings. The summed E-state index contributed by atoms with van der Waals surface area (Å²) in [6, 6.07) is 8.41. The summed E-state index contributed by atoms with van der Waals surface area (Å²) in [5.74, 6) is 0. The lowest BCUT2D eigenvalue weighted by Crippen LogP contribution is -2.20. The van der Waals surface area contributed by atoms with Crippen molar-refractivity contribution >= 4 is 15.9 Å². The van der Waals surface area contributed by atoms with Gasteiger partial charge in [0, 0.05) is 22.6 Å². The third kappa shape index (κ3) is 3.37. The third-order valence-electron chi connectivity index (χ3n) is 2.82. The van der Waals surface area contributed by atoms with Gasteiger partial charge in [0.25, 0.3) is 0 Å². The Balaban J connectivity index is 2.19. The first kappa shape index (κ1) is 13.2. The van der Waals surface area contributed by atoms with Gasteiger partial charge in [-0.25, -0.2) is 0 Å². The van der Waals surface area contributed by atoms with Gasteiger partial charge in [-0.05, 0) is 60.1 Å². The fourth-order valence-corrected chi connectivity index (χ4v) is 2.33. The van der Waals surface area contributed by atoms with Crippen LogP contribution in [0.3, 0.4) is 0 Å². The Morgan fingerprint density at radius 2 is 2.17 bits per heavy atom. The average Bonchev–Trinajstić information content (AvgIpc) is 2.36. The second-order valence-electron chi connectivity index (χ2n) is 4.26. The lowest BCUT2D eigenvalue weighted by molar-refractivity contribution is 0.573. The third-order valence-corrected chi connectivity index (χ3v) is 3.25. The van der Waals surface area contributed by atoms with Gasteiger partial charge in [0.15, 0.2) is 0 Å². The van der Waals surface area contributed by atoms with E-state index in [1.807, 2.05) is 32.3 Å². The van der Waals surface area contributed by atoms with Crippen LogP contribution >= 0.6 is 15.9 Å². The van der Waals surface area contributed by atoms with E-state index in [1.165, 1.54) is 5.56 Å². The Labute approximate surface area is 116 Å².